The van der Waals surface area contributed by atoms with Crippen LogP contribution >= 0.6 is 0 Å². The summed E-state index contributed by atoms with van der Waals surface area (Å²) in [5.41, 5.74) is 0. The molecule has 8 heteroatoms. The van der Waals surface area contributed by atoms with Crippen molar-refractivity contribution >= 4 is 16.6 Å². The maximum Gasteiger partial charge on any atom is 0.192 e. The zero-order chi connectivity index (χ0) is 20.9. The monoisotopic (exact) mass is 416 g/mol. The van der Waals surface area contributed by atoms with E-state index < -0.39 is 53.5 Å². The molecule has 0 aromatic carbocycles. The number of hydrogen-bond donors (Lipinski definition) is 0. The van der Waals surface area contributed by atoms with Crippen LogP contribution in [0.4, 0.5) is 17.6 Å². The molecular weight excluding hydrogens is 380 g/mol. The fraction of sp³-hybridized carbons (Fsp3) is 1.00. The van der Waals surface area contributed by atoms with Crippen molar-refractivity contribution < 1.29 is 26.4 Å². The molecule has 0 aromatic heterocycles. The summed E-state index contributed by atoms with van der Waals surface area (Å²) < 4.78 is 70.5. The van der Waals surface area contributed by atoms with Crippen molar-refractivity contribution in [1.82, 2.24) is 0 Å². The number of hydrogen-bond acceptors (Lipinski definition) is 2. The number of halogens is 4. The first-order chi connectivity index (χ1) is 11.3. The van der Waals surface area contributed by atoms with Crippen molar-refractivity contribution in [3.8, 4) is 0 Å². The van der Waals surface area contributed by atoms with Crippen LogP contribution in [-0.4, -0.2) is 53.5 Å². The fourth-order valence-electron chi connectivity index (χ4n) is 2.37. The van der Waals surface area contributed by atoms with Gasteiger partial charge in [0.05, 0.1) is 0 Å². The van der Waals surface area contributed by atoms with Gasteiger partial charge in [-0.05, 0) is 36.3 Å². The summed E-state index contributed by atoms with van der Waals surface area (Å²) in [7, 11) is -5.16. The lowest BCUT2D eigenvalue weighted by atomic mass is 9.88. The van der Waals surface area contributed by atoms with Gasteiger partial charge in [-0.1, -0.05) is 41.5 Å². The van der Waals surface area contributed by atoms with Gasteiger partial charge in [-0.3, -0.25) is 0 Å². The van der Waals surface area contributed by atoms with Crippen LogP contribution in [0.15, 0.2) is 0 Å². The minimum atomic E-state index is -2.58. The Labute approximate surface area is 158 Å². The fourth-order valence-corrected chi connectivity index (χ4v) is 4.96. The van der Waals surface area contributed by atoms with Gasteiger partial charge in [-0.25, -0.2) is 17.6 Å². The van der Waals surface area contributed by atoms with Gasteiger partial charge in [0.1, 0.15) is 12.2 Å². The predicted octanol–water partition coefficient (Wildman–Crippen LogP) is 6.13. The van der Waals surface area contributed by atoms with Crippen LogP contribution in [0.5, 0.6) is 0 Å². The van der Waals surface area contributed by atoms with Crippen LogP contribution in [0.25, 0.3) is 0 Å². The van der Waals surface area contributed by atoms with Gasteiger partial charge in [-0.15, -0.1) is 0 Å². The van der Waals surface area contributed by atoms with Crippen molar-refractivity contribution in [2.75, 3.05) is 0 Å². The van der Waals surface area contributed by atoms with Gasteiger partial charge in [0.2, 0.25) is 0 Å². The molecule has 1 fully saturated rings. The zero-order valence-corrected chi connectivity index (χ0v) is 19.8. The highest BCUT2D eigenvalue weighted by molar-refractivity contribution is 6.74. The lowest BCUT2D eigenvalue weighted by molar-refractivity contribution is -0.137. The molecule has 0 spiro atoms. The maximum atomic E-state index is 14.8. The normalized spacial score (nSPS) is 34.8. The van der Waals surface area contributed by atoms with E-state index in [0.29, 0.717) is 0 Å². The van der Waals surface area contributed by atoms with Crippen LogP contribution in [0.3, 0.4) is 0 Å². The maximum absolute atomic E-state index is 14.8. The Bertz CT molecular complexity index is 429. The van der Waals surface area contributed by atoms with E-state index in [1.165, 1.54) is 0 Å². The lowest BCUT2D eigenvalue weighted by Gasteiger charge is -2.48. The van der Waals surface area contributed by atoms with Gasteiger partial charge in [0, 0.05) is 0 Å². The molecule has 4 atom stereocenters. The molecule has 0 amide bonds. The Morgan fingerprint density at radius 2 is 0.731 bits per heavy atom. The molecular formula is C18H36F4O2Si2. The first-order valence-corrected chi connectivity index (χ1v) is 15.1. The highest BCUT2D eigenvalue weighted by atomic mass is 28.4. The molecule has 26 heavy (non-hydrogen) atoms. The SMILES string of the molecule is CC(C)(C)[Si](C)(C)OC1C(F)C(F)C(O[Si](C)(C)C(C)(C)C)C(F)C1F. The van der Waals surface area contributed by atoms with Crippen LogP contribution in [0.1, 0.15) is 41.5 Å². The quantitative estimate of drug-likeness (QED) is 0.405. The van der Waals surface area contributed by atoms with Crippen LogP contribution < -0.4 is 0 Å². The predicted molar refractivity (Wildman–Crippen MR) is 104 cm³/mol. The number of alkyl halides is 4. The van der Waals surface area contributed by atoms with E-state index in [2.05, 4.69) is 0 Å². The van der Waals surface area contributed by atoms with Gasteiger partial charge in [0.15, 0.2) is 41.3 Å². The second kappa shape index (κ2) is 7.48. The molecule has 1 rings (SSSR count). The minimum Gasteiger partial charge on any atom is -0.408 e. The van der Waals surface area contributed by atoms with E-state index in [9.17, 15) is 17.6 Å². The summed E-state index contributed by atoms with van der Waals surface area (Å²) in [5, 5.41) is -0.642. The van der Waals surface area contributed by atoms with Crippen molar-refractivity contribution in [1.29, 1.82) is 0 Å². The summed E-state index contributed by atoms with van der Waals surface area (Å²) in [6, 6.07) is 0. The molecule has 0 aromatic rings. The Balaban J connectivity index is 3.06. The van der Waals surface area contributed by atoms with E-state index in [0.717, 1.165) is 0 Å². The van der Waals surface area contributed by atoms with E-state index in [-0.39, 0.29) is 10.1 Å². The Kier molecular flexibility index (Phi) is 6.94. The number of rotatable bonds is 4. The van der Waals surface area contributed by atoms with E-state index in [1.54, 1.807) is 0 Å². The average molecular weight is 417 g/mol. The van der Waals surface area contributed by atoms with Crippen molar-refractivity contribution in [2.24, 2.45) is 0 Å². The van der Waals surface area contributed by atoms with Crippen molar-refractivity contribution in [3.63, 3.8) is 0 Å². The second-order valence-electron chi connectivity index (χ2n) is 10.5. The molecule has 1 saturated carbocycles. The topological polar surface area (TPSA) is 18.5 Å². The van der Waals surface area contributed by atoms with E-state index in [4.69, 9.17) is 8.85 Å². The van der Waals surface area contributed by atoms with Crippen LogP contribution in [0, 0.1) is 0 Å². The highest BCUT2D eigenvalue weighted by Gasteiger charge is 2.58. The highest BCUT2D eigenvalue weighted by Crippen LogP contribution is 2.44. The summed E-state index contributed by atoms with van der Waals surface area (Å²) >= 11 is 0. The second-order valence-corrected chi connectivity index (χ2v) is 20.0. The van der Waals surface area contributed by atoms with Gasteiger partial charge >= 0.3 is 0 Å². The third-order valence-electron chi connectivity index (χ3n) is 6.34. The molecule has 0 radical (unpaired) electrons. The molecule has 156 valence electrons. The summed E-state index contributed by atoms with van der Waals surface area (Å²) in [6.45, 7) is 18.7. The van der Waals surface area contributed by atoms with E-state index >= 15 is 0 Å². The summed E-state index contributed by atoms with van der Waals surface area (Å²) in [5.74, 6) is 0. The first kappa shape index (κ1) is 24.1. The molecule has 0 bridgehead atoms. The average Bonchev–Trinajstić information content (AvgIpc) is 2.43. The third kappa shape index (κ3) is 4.73. The standard InChI is InChI=1S/C18H36F4O2Si2/c1-17(2,3)25(7,8)23-15-11(19)13(21)16(14(22)12(15)20)24-26(9,10)18(4,5)6/h11-16H,1-10H3. The molecule has 0 saturated heterocycles. The van der Waals surface area contributed by atoms with Crippen molar-refractivity contribution in [2.45, 2.75) is 115 Å². The van der Waals surface area contributed by atoms with Gasteiger partial charge in [-0.2, -0.15) is 0 Å². The Hall–Kier alpha value is 0.0738. The largest absolute Gasteiger partial charge is 0.408 e. The molecule has 1 aliphatic rings. The molecule has 2 nitrogen and oxygen atoms in total. The molecule has 0 heterocycles. The lowest BCUT2D eigenvalue weighted by Crippen LogP contribution is -2.64. The van der Waals surface area contributed by atoms with Gasteiger partial charge in [0.25, 0.3) is 0 Å². The van der Waals surface area contributed by atoms with E-state index in [1.807, 2.05) is 67.7 Å². The third-order valence-corrected chi connectivity index (χ3v) is 15.3. The van der Waals surface area contributed by atoms with Crippen molar-refractivity contribution in [3.05, 3.63) is 0 Å². The Morgan fingerprint density at radius 1 is 0.538 bits per heavy atom. The summed E-state index contributed by atoms with van der Waals surface area (Å²) in [6.07, 6.45) is -12.5. The Morgan fingerprint density at radius 3 is 0.885 bits per heavy atom. The summed E-state index contributed by atoms with van der Waals surface area (Å²) in [4.78, 5) is 0. The molecule has 0 N–H and O–H groups in total. The first-order valence-electron chi connectivity index (χ1n) is 9.25. The minimum absolute atomic E-state index is 0.321. The van der Waals surface area contributed by atoms with Gasteiger partial charge < -0.3 is 8.85 Å². The van der Waals surface area contributed by atoms with Crippen LogP contribution in [0.2, 0.25) is 36.3 Å². The molecule has 0 aliphatic heterocycles. The molecule has 1 aliphatic carbocycles. The van der Waals surface area contributed by atoms with Crippen LogP contribution in [-0.2, 0) is 8.85 Å². The zero-order valence-electron chi connectivity index (χ0n) is 17.8. The molecule has 4 unspecified atom stereocenters. The smallest absolute Gasteiger partial charge is 0.192 e.